The van der Waals surface area contributed by atoms with E-state index in [-0.39, 0.29) is 5.91 Å². The van der Waals surface area contributed by atoms with Crippen LogP contribution in [0.4, 0.5) is 5.69 Å². The predicted octanol–water partition coefficient (Wildman–Crippen LogP) is 3.80. The van der Waals surface area contributed by atoms with E-state index in [4.69, 9.17) is 9.47 Å². The van der Waals surface area contributed by atoms with Crippen molar-refractivity contribution in [3.05, 3.63) is 54.1 Å². The number of rotatable bonds is 7. The van der Waals surface area contributed by atoms with E-state index >= 15 is 0 Å². The standard InChI is InChI=1S/C18H21NO3/c1-3-21-16-10-8-15(9-11-16)19-18(20)12-13-22-17-7-5-4-6-14(17)2/h4-11H,3,12-13H2,1-2H3,(H,19,20). The number of nitrogens with one attached hydrogen (secondary N) is 1. The fourth-order valence-electron chi connectivity index (χ4n) is 2.00. The van der Waals surface area contributed by atoms with Gasteiger partial charge in [-0.05, 0) is 49.7 Å². The largest absolute Gasteiger partial charge is 0.494 e. The van der Waals surface area contributed by atoms with E-state index in [0.717, 1.165) is 22.7 Å². The van der Waals surface area contributed by atoms with Gasteiger partial charge >= 0.3 is 0 Å². The van der Waals surface area contributed by atoms with E-state index in [1.54, 1.807) is 0 Å². The highest BCUT2D eigenvalue weighted by atomic mass is 16.5. The molecule has 0 aliphatic heterocycles. The summed E-state index contributed by atoms with van der Waals surface area (Å²) in [5, 5.41) is 2.84. The molecule has 0 radical (unpaired) electrons. The fourth-order valence-corrected chi connectivity index (χ4v) is 2.00. The zero-order valence-electron chi connectivity index (χ0n) is 13.0. The molecule has 0 spiro atoms. The number of amides is 1. The normalized spacial score (nSPS) is 10.1. The number of carbonyl (C=O) groups excluding carboxylic acids is 1. The molecule has 4 heteroatoms. The monoisotopic (exact) mass is 299 g/mol. The van der Waals surface area contributed by atoms with Crippen LogP contribution in [0.25, 0.3) is 0 Å². The molecule has 0 aromatic heterocycles. The van der Waals surface area contributed by atoms with Crippen LogP contribution in [0, 0.1) is 6.92 Å². The van der Waals surface area contributed by atoms with Crippen molar-refractivity contribution < 1.29 is 14.3 Å². The number of benzene rings is 2. The quantitative estimate of drug-likeness (QED) is 0.846. The summed E-state index contributed by atoms with van der Waals surface area (Å²) >= 11 is 0. The molecule has 116 valence electrons. The van der Waals surface area contributed by atoms with Gasteiger partial charge in [-0.3, -0.25) is 4.79 Å². The third-order valence-electron chi connectivity index (χ3n) is 3.13. The van der Waals surface area contributed by atoms with Gasteiger partial charge in [-0.1, -0.05) is 18.2 Å². The molecule has 0 saturated heterocycles. The maximum Gasteiger partial charge on any atom is 0.227 e. The lowest BCUT2D eigenvalue weighted by molar-refractivity contribution is -0.116. The summed E-state index contributed by atoms with van der Waals surface area (Å²) < 4.78 is 11.0. The van der Waals surface area contributed by atoms with Gasteiger partial charge in [0.1, 0.15) is 11.5 Å². The summed E-state index contributed by atoms with van der Waals surface area (Å²) in [6.45, 7) is 4.90. The van der Waals surface area contributed by atoms with Gasteiger partial charge in [0.25, 0.3) is 0 Å². The maximum atomic E-state index is 11.9. The molecule has 2 aromatic carbocycles. The summed E-state index contributed by atoms with van der Waals surface area (Å²) in [6, 6.07) is 15.1. The SMILES string of the molecule is CCOc1ccc(NC(=O)CCOc2ccccc2C)cc1. The summed E-state index contributed by atoms with van der Waals surface area (Å²) in [4.78, 5) is 11.9. The van der Waals surface area contributed by atoms with Gasteiger partial charge in [0.15, 0.2) is 0 Å². The molecule has 0 atom stereocenters. The Bertz CT molecular complexity index is 608. The van der Waals surface area contributed by atoms with Gasteiger partial charge < -0.3 is 14.8 Å². The molecule has 0 fully saturated rings. The van der Waals surface area contributed by atoms with Crippen LogP contribution in [0.3, 0.4) is 0 Å². The Labute approximate surface area is 131 Å². The van der Waals surface area contributed by atoms with E-state index in [0.29, 0.717) is 19.6 Å². The van der Waals surface area contributed by atoms with Gasteiger partial charge in [0.05, 0.1) is 19.6 Å². The van der Waals surface area contributed by atoms with E-state index in [9.17, 15) is 4.79 Å². The van der Waals surface area contributed by atoms with E-state index in [2.05, 4.69) is 5.32 Å². The fraction of sp³-hybridized carbons (Fsp3) is 0.278. The summed E-state index contributed by atoms with van der Waals surface area (Å²) in [5.41, 5.74) is 1.82. The Balaban J connectivity index is 1.77. The topological polar surface area (TPSA) is 47.6 Å². The number of ether oxygens (including phenoxy) is 2. The molecule has 0 aliphatic carbocycles. The first-order chi connectivity index (χ1) is 10.7. The van der Waals surface area contributed by atoms with Crippen LogP contribution in [-0.4, -0.2) is 19.1 Å². The van der Waals surface area contributed by atoms with Crippen LogP contribution in [0.2, 0.25) is 0 Å². The number of anilines is 1. The highest BCUT2D eigenvalue weighted by molar-refractivity contribution is 5.90. The third kappa shape index (κ3) is 4.81. The lowest BCUT2D eigenvalue weighted by Crippen LogP contribution is -2.15. The van der Waals surface area contributed by atoms with Crippen LogP contribution in [0.5, 0.6) is 11.5 Å². The van der Waals surface area contributed by atoms with Crippen LogP contribution in [0.1, 0.15) is 18.9 Å². The smallest absolute Gasteiger partial charge is 0.227 e. The average Bonchev–Trinajstić information content (AvgIpc) is 2.51. The zero-order chi connectivity index (χ0) is 15.8. The predicted molar refractivity (Wildman–Crippen MR) is 87.5 cm³/mol. The van der Waals surface area contributed by atoms with E-state index < -0.39 is 0 Å². The second-order valence-electron chi connectivity index (χ2n) is 4.87. The molecule has 0 unspecified atom stereocenters. The number of hydrogen-bond donors (Lipinski definition) is 1. The molecule has 0 saturated carbocycles. The zero-order valence-corrected chi connectivity index (χ0v) is 13.0. The van der Waals surface area contributed by atoms with Crippen molar-refractivity contribution in [3.8, 4) is 11.5 Å². The molecular formula is C18H21NO3. The Hall–Kier alpha value is -2.49. The van der Waals surface area contributed by atoms with Crippen LogP contribution < -0.4 is 14.8 Å². The van der Waals surface area contributed by atoms with E-state index in [1.807, 2.05) is 62.4 Å². The Kier molecular flexibility index (Phi) is 5.83. The lowest BCUT2D eigenvalue weighted by Gasteiger charge is -2.09. The minimum absolute atomic E-state index is 0.0715. The highest BCUT2D eigenvalue weighted by Gasteiger charge is 2.04. The molecule has 0 heterocycles. The molecule has 0 bridgehead atoms. The Morgan fingerprint density at radius 3 is 2.45 bits per heavy atom. The third-order valence-corrected chi connectivity index (χ3v) is 3.13. The molecule has 2 rings (SSSR count). The molecule has 0 aliphatic rings. The summed E-state index contributed by atoms with van der Waals surface area (Å²) in [7, 11) is 0. The molecule has 2 aromatic rings. The minimum Gasteiger partial charge on any atom is -0.494 e. The van der Waals surface area contributed by atoms with Crippen LogP contribution in [-0.2, 0) is 4.79 Å². The van der Waals surface area contributed by atoms with Crippen LogP contribution >= 0.6 is 0 Å². The minimum atomic E-state index is -0.0715. The number of para-hydroxylation sites is 1. The molecule has 1 amide bonds. The van der Waals surface area contributed by atoms with Gasteiger partial charge in [0, 0.05) is 5.69 Å². The van der Waals surface area contributed by atoms with Gasteiger partial charge in [-0.25, -0.2) is 0 Å². The first-order valence-corrected chi connectivity index (χ1v) is 7.40. The van der Waals surface area contributed by atoms with Crippen molar-refractivity contribution in [2.75, 3.05) is 18.5 Å². The Morgan fingerprint density at radius 2 is 1.77 bits per heavy atom. The van der Waals surface area contributed by atoms with E-state index in [1.165, 1.54) is 0 Å². The average molecular weight is 299 g/mol. The summed E-state index contributed by atoms with van der Waals surface area (Å²) in [6.07, 6.45) is 0.307. The molecule has 22 heavy (non-hydrogen) atoms. The van der Waals surface area contributed by atoms with Crippen molar-refractivity contribution in [3.63, 3.8) is 0 Å². The molecule has 1 N–H and O–H groups in total. The second kappa shape index (κ2) is 8.08. The molecule has 4 nitrogen and oxygen atoms in total. The molecular weight excluding hydrogens is 278 g/mol. The van der Waals surface area contributed by atoms with Crippen molar-refractivity contribution in [2.24, 2.45) is 0 Å². The number of hydrogen-bond acceptors (Lipinski definition) is 3. The van der Waals surface area contributed by atoms with Gasteiger partial charge in [-0.15, -0.1) is 0 Å². The highest BCUT2D eigenvalue weighted by Crippen LogP contribution is 2.17. The van der Waals surface area contributed by atoms with Crippen molar-refractivity contribution >= 4 is 11.6 Å². The summed E-state index contributed by atoms with van der Waals surface area (Å²) in [5.74, 6) is 1.54. The van der Waals surface area contributed by atoms with Crippen LogP contribution in [0.15, 0.2) is 48.5 Å². The van der Waals surface area contributed by atoms with Gasteiger partial charge in [-0.2, -0.15) is 0 Å². The van der Waals surface area contributed by atoms with Crippen molar-refractivity contribution in [2.45, 2.75) is 20.3 Å². The maximum absolute atomic E-state index is 11.9. The van der Waals surface area contributed by atoms with Crippen molar-refractivity contribution in [1.29, 1.82) is 0 Å². The lowest BCUT2D eigenvalue weighted by atomic mass is 10.2. The first kappa shape index (κ1) is 15.9. The van der Waals surface area contributed by atoms with Gasteiger partial charge in [0.2, 0.25) is 5.91 Å². The first-order valence-electron chi connectivity index (χ1n) is 7.40. The second-order valence-corrected chi connectivity index (χ2v) is 4.87. The van der Waals surface area contributed by atoms with Crippen molar-refractivity contribution in [1.82, 2.24) is 0 Å². The number of carbonyl (C=O) groups is 1. The Morgan fingerprint density at radius 1 is 1.05 bits per heavy atom. The number of aryl methyl sites for hydroxylation is 1.